The van der Waals surface area contributed by atoms with Gasteiger partial charge in [-0.25, -0.2) is 0 Å². The second-order valence-electron chi connectivity index (χ2n) is 5.30. The molecule has 1 aliphatic carbocycles. The molecule has 0 spiro atoms. The van der Waals surface area contributed by atoms with Gasteiger partial charge in [0, 0.05) is 25.7 Å². The van der Waals surface area contributed by atoms with Crippen LogP contribution in [-0.2, 0) is 0 Å². The summed E-state index contributed by atoms with van der Waals surface area (Å²) in [5, 5.41) is 0. The Hall–Kier alpha value is -1.58. The van der Waals surface area contributed by atoms with Crippen molar-refractivity contribution < 1.29 is 9.47 Å². The van der Waals surface area contributed by atoms with Crippen molar-refractivity contribution in [1.82, 2.24) is 0 Å². The van der Waals surface area contributed by atoms with Crippen molar-refractivity contribution in [2.75, 3.05) is 38.4 Å². The molecule has 0 amide bonds. The first kappa shape index (κ1) is 13.8. The summed E-state index contributed by atoms with van der Waals surface area (Å²) in [4.78, 5) is 2.23. The van der Waals surface area contributed by atoms with Crippen LogP contribution in [0.3, 0.4) is 0 Å². The third kappa shape index (κ3) is 3.06. The van der Waals surface area contributed by atoms with Crippen molar-refractivity contribution in [2.24, 2.45) is 5.92 Å². The Labute approximate surface area is 115 Å². The minimum atomic E-state index is 0.679. The van der Waals surface area contributed by atoms with Gasteiger partial charge in [-0.05, 0) is 18.8 Å². The van der Waals surface area contributed by atoms with E-state index in [1.54, 1.807) is 14.2 Å². The molecule has 0 bridgehead atoms. The first-order chi connectivity index (χ1) is 9.15. The molecule has 0 unspecified atom stereocenters. The molecule has 1 aromatic carbocycles. The van der Waals surface area contributed by atoms with Crippen molar-refractivity contribution in [3.8, 4) is 11.5 Å². The molecule has 19 heavy (non-hydrogen) atoms. The highest BCUT2D eigenvalue weighted by Gasteiger charge is 2.19. The molecule has 1 saturated carbocycles. The predicted octanol–water partition coefficient (Wildman–Crippen LogP) is 2.91. The van der Waals surface area contributed by atoms with E-state index in [2.05, 4.69) is 11.9 Å². The SMILES string of the molecule is COc1cc(N)c(N(C)CC2CCCC2)cc1OC. The number of nitrogen functional groups attached to an aromatic ring is 1. The highest BCUT2D eigenvalue weighted by atomic mass is 16.5. The first-order valence-electron chi connectivity index (χ1n) is 6.88. The van der Waals surface area contributed by atoms with Crippen LogP contribution in [0.2, 0.25) is 0 Å². The fourth-order valence-electron chi connectivity index (χ4n) is 2.89. The smallest absolute Gasteiger partial charge is 0.162 e. The number of hydrogen-bond acceptors (Lipinski definition) is 4. The van der Waals surface area contributed by atoms with Gasteiger partial charge in [-0.1, -0.05) is 12.8 Å². The second kappa shape index (κ2) is 6.04. The van der Waals surface area contributed by atoms with Crippen LogP contribution in [0.15, 0.2) is 12.1 Å². The average molecular weight is 264 g/mol. The van der Waals surface area contributed by atoms with Crippen LogP contribution in [0, 0.1) is 5.92 Å². The molecule has 2 rings (SSSR count). The molecule has 0 aliphatic heterocycles. The fraction of sp³-hybridized carbons (Fsp3) is 0.600. The number of nitrogens with two attached hydrogens (primary N) is 1. The standard InChI is InChI=1S/C15H24N2O2/c1-17(10-11-6-4-5-7-11)13-9-15(19-3)14(18-2)8-12(13)16/h8-9,11H,4-7,10,16H2,1-3H3. The molecule has 2 N–H and O–H groups in total. The first-order valence-corrected chi connectivity index (χ1v) is 6.88. The molecular formula is C15H24N2O2. The Morgan fingerprint density at radius 1 is 1.16 bits per heavy atom. The fourth-order valence-corrected chi connectivity index (χ4v) is 2.89. The number of nitrogens with zero attached hydrogens (tertiary/aromatic N) is 1. The van der Waals surface area contributed by atoms with Crippen molar-refractivity contribution >= 4 is 11.4 Å². The number of methoxy groups -OCH3 is 2. The second-order valence-corrected chi connectivity index (χ2v) is 5.30. The minimum Gasteiger partial charge on any atom is -0.493 e. The van der Waals surface area contributed by atoms with Crippen LogP contribution in [-0.4, -0.2) is 27.8 Å². The number of ether oxygens (including phenoxy) is 2. The van der Waals surface area contributed by atoms with Crippen LogP contribution < -0.4 is 20.1 Å². The third-order valence-corrected chi connectivity index (χ3v) is 3.95. The Bertz CT molecular complexity index is 428. The normalized spacial score (nSPS) is 15.5. The van der Waals surface area contributed by atoms with Crippen molar-refractivity contribution in [1.29, 1.82) is 0 Å². The van der Waals surface area contributed by atoms with Crippen LogP contribution >= 0.6 is 0 Å². The molecule has 4 heteroatoms. The summed E-state index contributed by atoms with van der Waals surface area (Å²) in [5.41, 5.74) is 7.87. The lowest BCUT2D eigenvalue weighted by Gasteiger charge is -2.25. The topological polar surface area (TPSA) is 47.7 Å². The van der Waals surface area contributed by atoms with Crippen LogP contribution in [0.1, 0.15) is 25.7 Å². The zero-order valence-electron chi connectivity index (χ0n) is 12.1. The van der Waals surface area contributed by atoms with Crippen molar-refractivity contribution in [3.05, 3.63) is 12.1 Å². The van der Waals surface area contributed by atoms with Gasteiger partial charge in [0.05, 0.1) is 25.6 Å². The van der Waals surface area contributed by atoms with Crippen LogP contribution in [0.4, 0.5) is 11.4 Å². The zero-order chi connectivity index (χ0) is 13.8. The number of rotatable bonds is 5. The highest BCUT2D eigenvalue weighted by molar-refractivity contribution is 5.73. The lowest BCUT2D eigenvalue weighted by Crippen LogP contribution is -2.24. The quantitative estimate of drug-likeness (QED) is 0.831. The van der Waals surface area contributed by atoms with E-state index in [-0.39, 0.29) is 0 Å². The van der Waals surface area contributed by atoms with E-state index in [9.17, 15) is 0 Å². The van der Waals surface area contributed by atoms with Gasteiger partial charge in [0.1, 0.15) is 0 Å². The van der Waals surface area contributed by atoms with Crippen LogP contribution in [0.25, 0.3) is 0 Å². The Morgan fingerprint density at radius 3 is 2.32 bits per heavy atom. The van der Waals surface area contributed by atoms with Gasteiger partial charge in [-0.15, -0.1) is 0 Å². The largest absolute Gasteiger partial charge is 0.493 e. The lowest BCUT2D eigenvalue weighted by atomic mass is 10.1. The molecule has 1 aromatic rings. The van der Waals surface area contributed by atoms with E-state index in [0.29, 0.717) is 5.75 Å². The Kier molecular flexibility index (Phi) is 4.40. The van der Waals surface area contributed by atoms with Gasteiger partial charge >= 0.3 is 0 Å². The van der Waals surface area contributed by atoms with Crippen molar-refractivity contribution in [3.63, 3.8) is 0 Å². The maximum atomic E-state index is 6.12. The average Bonchev–Trinajstić information content (AvgIpc) is 2.90. The summed E-state index contributed by atoms with van der Waals surface area (Å²) in [6, 6.07) is 3.79. The summed E-state index contributed by atoms with van der Waals surface area (Å²) >= 11 is 0. The predicted molar refractivity (Wildman–Crippen MR) is 79.2 cm³/mol. The zero-order valence-corrected chi connectivity index (χ0v) is 12.1. The van der Waals surface area contributed by atoms with E-state index < -0.39 is 0 Å². The molecule has 0 saturated heterocycles. The maximum absolute atomic E-state index is 6.12. The molecule has 4 nitrogen and oxygen atoms in total. The molecule has 1 fully saturated rings. The summed E-state index contributed by atoms with van der Waals surface area (Å²) in [6.07, 6.45) is 5.38. The monoisotopic (exact) mass is 264 g/mol. The molecule has 0 heterocycles. The van der Waals surface area contributed by atoms with Gasteiger partial charge in [0.25, 0.3) is 0 Å². The Morgan fingerprint density at radius 2 is 1.74 bits per heavy atom. The third-order valence-electron chi connectivity index (χ3n) is 3.95. The van der Waals surface area contributed by atoms with Gasteiger partial charge in [-0.2, -0.15) is 0 Å². The minimum absolute atomic E-state index is 0.679. The van der Waals surface area contributed by atoms with Gasteiger partial charge in [-0.3, -0.25) is 0 Å². The van der Waals surface area contributed by atoms with Gasteiger partial charge in [0.15, 0.2) is 11.5 Å². The maximum Gasteiger partial charge on any atom is 0.162 e. The molecular weight excluding hydrogens is 240 g/mol. The molecule has 106 valence electrons. The Balaban J connectivity index is 2.17. The van der Waals surface area contributed by atoms with E-state index in [4.69, 9.17) is 15.2 Å². The van der Waals surface area contributed by atoms with E-state index in [1.165, 1.54) is 25.7 Å². The number of anilines is 2. The number of hydrogen-bond donors (Lipinski definition) is 1. The van der Waals surface area contributed by atoms with Crippen molar-refractivity contribution in [2.45, 2.75) is 25.7 Å². The molecule has 0 radical (unpaired) electrons. The van der Waals surface area contributed by atoms with Crippen LogP contribution in [0.5, 0.6) is 11.5 Å². The molecule has 1 aliphatic rings. The summed E-state index contributed by atoms with van der Waals surface area (Å²) in [7, 11) is 5.37. The number of benzene rings is 1. The molecule has 0 atom stereocenters. The van der Waals surface area contributed by atoms with E-state index >= 15 is 0 Å². The van der Waals surface area contributed by atoms with Gasteiger partial charge in [0.2, 0.25) is 0 Å². The van der Waals surface area contributed by atoms with Gasteiger partial charge < -0.3 is 20.1 Å². The lowest BCUT2D eigenvalue weighted by molar-refractivity contribution is 0.355. The molecule has 0 aromatic heterocycles. The van der Waals surface area contributed by atoms with E-state index in [0.717, 1.165) is 29.6 Å². The van der Waals surface area contributed by atoms with E-state index in [1.807, 2.05) is 12.1 Å². The summed E-state index contributed by atoms with van der Waals surface area (Å²) in [6.45, 7) is 1.06. The summed E-state index contributed by atoms with van der Waals surface area (Å²) < 4.78 is 10.6. The summed E-state index contributed by atoms with van der Waals surface area (Å²) in [5.74, 6) is 2.19. The highest BCUT2D eigenvalue weighted by Crippen LogP contribution is 2.37.